The number of aliphatic carboxylic acids is 1. The highest BCUT2D eigenvalue weighted by Gasteiger charge is 2.27. The lowest BCUT2D eigenvalue weighted by Crippen LogP contribution is -2.44. The minimum atomic E-state index is -1.07. The number of nitrogens with zero attached hydrogens (tertiary/aromatic N) is 2. The normalized spacial score (nSPS) is 12.4. The third-order valence-corrected chi connectivity index (χ3v) is 4.88. The van der Waals surface area contributed by atoms with Gasteiger partial charge in [-0.25, -0.2) is 9.78 Å². The van der Waals surface area contributed by atoms with Crippen LogP contribution in [0.3, 0.4) is 0 Å². The number of nitrogens with one attached hydrogen (secondary N) is 1. The number of rotatable bonds is 7. The molecule has 2 N–H and O–H groups in total. The molecule has 0 bridgehead atoms. The van der Waals surface area contributed by atoms with Crippen molar-refractivity contribution in [3.8, 4) is 5.88 Å². The first-order valence-corrected chi connectivity index (χ1v) is 8.48. The van der Waals surface area contributed by atoms with Gasteiger partial charge in [-0.1, -0.05) is 13.8 Å². The van der Waals surface area contributed by atoms with Gasteiger partial charge in [0.15, 0.2) is 5.82 Å². The zero-order chi connectivity index (χ0) is 18.7. The Hall–Kier alpha value is -2.26. The van der Waals surface area contributed by atoms with Gasteiger partial charge in [-0.3, -0.25) is 4.79 Å². The number of hydrogen-bond acceptors (Lipinski definition) is 7. The molecule has 1 atom stereocenters. The van der Waals surface area contributed by atoms with Crippen molar-refractivity contribution in [2.75, 3.05) is 14.2 Å². The molecule has 8 nitrogen and oxygen atoms in total. The molecule has 0 spiro atoms. The van der Waals surface area contributed by atoms with Crippen LogP contribution < -0.4 is 10.1 Å². The molecule has 25 heavy (non-hydrogen) atoms. The smallest absolute Gasteiger partial charge is 0.326 e. The number of carboxylic acids is 1. The summed E-state index contributed by atoms with van der Waals surface area (Å²) < 4.78 is 10.4. The zero-order valence-electron chi connectivity index (χ0n) is 14.7. The van der Waals surface area contributed by atoms with E-state index in [-0.39, 0.29) is 12.5 Å². The van der Waals surface area contributed by atoms with Crippen LogP contribution in [0.5, 0.6) is 5.88 Å². The van der Waals surface area contributed by atoms with E-state index < -0.39 is 17.9 Å². The van der Waals surface area contributed by atoms with Crippen LogP contribution in [-0.4, -0.2) is 47.2 Å². The van der Waals surface area contributed by atoms with E-state index in [9.17, 15) is 14.7 Å². The van der Waals surface area contributed by atoms with E-state index in [1.807, 2.05) is 0 Å². The van der Waals surface area contributed by atoms with Crippen molar-refractivity contribution in [1.82, 2.24) is 15.3 Å². The molecule has 0 radical (unpaired) electrons. The van der Waals surface area contributed by atoms with Crippen LogP contribution in [0, 0.1) is 12.8 Å². The van der Waals surface area contributed by atoms with E-state index in [0.717, 1.165) is 0 Å². The number of aromatic nitrogens is 2. The van der Waals surface area contributed by atoms with E-state index in [0.29, 0.717) is 32.4 Å². The lowest BCUT2D eigenvalue weighted by molar-refractivity contribution is -0.140. The van der Waals surface area contributed by atoms with Crippen LogP contribution in [0.1, 0.15) is 34.9 Å². The third kappa shape index (κ3) is 3.88. The van der Waals surface area contributed by atoms with Crippen molar-refractivity contribution >= 4 is 33.4 Å². The highest BCUT2D eigenvalue weighted by molar-refractivity contribution is 7.20. The van der Waals surface area contributed by atoms with Crippen LogP contribution in [-0.2, 0) is 16.1 Å². The monoisotopic (exact) mass is 367 g/mol. The van der Waals surface area contributed by atoms with Gasteiger partial charge in [0.05, 0.1) is 17.4 Å². The number of carbonyl (C=O) groups excluding carboxylic acids is 1. The Morgan fingerprint density at radius 2 is 1.96 bits per heavy atom. The number of aryl methyl sites for hydroxylation is 1. The first-order chi connectivity index (χ1) is 11.8. The van der Waals surface area contributed by atoms with Crippen LogP contribution in [0.25, 0.3) is 10.2 Å². The Bertz CT molecular complexity index is 803. The van der Waals surface area contributed by atoms with Crippen molar-refractivity contribution in [3.05, 3.63) is 16.3 Å². The summed E-state index contributed by atoms with van der Waals surface area (Å²) in [7, 11) is 3.03. The van der Waals surface area contributed by atoms with Gasteiger partial charge < -0.3 is 19.9 Å². The predicted molar refractivity (Wildman–Crippen MR) is 93.1 cm³/mol. The number of hydrogen-bond donors (Lipinski definition) is 2. The molecule has 2 aromatic rings. The van der Waals surface area contributed by atoms with E-state index in [1.165, 1.54) is 25.6 Å². The molecule has 0 saturated heterocycles. The molecule has 0 fully saturated rings. The van der Waals surface area contributed by atoms with E-state index in [4.69, 9.17) is 9.47 Å². The molecule has 0 aromatic carbocycles. The first kappa shape index (κ1) is 19.1. The SMILES string of the molecule is COCc1nc(OC)c2c(C)c(C(=O)NC(C(=O)O)C(C)C)sc2n1. The van der Waals surface area contributed by atoms with Gasteiger partial charge >= 0.3 is 5.97 Å². The maximum absolute atomic E-state index is 12.6. The number of amides is 1. The molecular weight excluding hydrogens is 346 g/mol. The Morgan fingerprint density at radius 3 is 2.48 bits per heavy atom. The Labute approximate surface area is 149 Å². The van der Waals surface area contributed by atoms with Crippen LogP contribution in [0.4, 0.5) is 0 Å². The van der Waals surface area contributed by atoms with Crippen molar-refractivity contribution in [1.29, 1.82) is 0 Å². The number of thiophene rings is 1. The van der Waals surface area contributed by atoms with E-state index in [1.54, 1.807) is 20.8 Å². The van der Waals surface area contributed by atoms with Crippen molar-refractivity contribution in [2.45, 2.75) is 33.4 Å². The van der Waals surface area contributed by atoms with Gasteiger partial charge in [0.25, 0.3) is 5.91 Å². The summed E-state index contributed by atoms with van der Waals surface area (Å²) in [6, 6.07) is -0.964. The molecule has 2 aromatic heterocycles. The lowest BCUT2D eigenvalue weighted by atomic mass is 10.0. The summed E-state index contributed by atoms with van der Waals surface area (Å²) >= 11 is 1.18. The maximum atomic E-state index is 12.6. The standard InChI is InChI=1S/C16H21N3O5S/c1-7(2)11(16(21)22)19-13(20)12-8(3)10-14(24-5)17-9(6-23-4)18-15(10)25-12/h7,11H,6H2,1-5H3,(H,19,20)(H,21,22). The van der Waals surface area contributed by atoms with Crippen molar-refractivity contribution < 1.29 is 24.2 Å². The van der Waals surface area contributed by atoms with Gasteiger partial charge in [0.2, 0.25) is 5.88 Å². The van der Waals surface area contributed by atoms with Crippen LogP contribution in [0.2, 0.25) is 0 Å². The van der Waals surface area contributed by atoms with Gasteiger partial charge in [0.1, 0.15) is 17.5 Å². The Balaban J connectivity index is 2.46. The predicted octanol–water partition coefficient (Wildman–Crippen LogP) is 1.99. The summed E-state index contributed by atoms with van der Waals surface area (Å²) in [5.41, 5.74) is 0.659. The summed E-state index contributed by atoms with van der Waals surface area (Å²) in [5, 5.41) is 12.5. The third-order valence-electron chi connectivity index (χ3n) is 3.70. The number of methoxy groups -OCH3 is 2. The number of carbonyl (C=O) groups is 2. The highest BCUT2D eigenvalue weighted by atomic mass is 32.1. The summed E-state index contributed by atoms with van der Waals surface area (Å²) in [4.78, 5) is 33.6. The number of ether oxygens (including phenoxy) is 2. The van der Waals surface area contributed by atoms with Crippen molar-refractivity contribution in [3.63, 3.8) is 0 Å². The van der Waals surface area contributed by atoms with E-state index in [2.05, 4.69) is 15.3 Å². The minimum absolute atomic E-state index is 0.221. The quantitative estimate of drug-likeness (QED) is 0.770. The molecule has 0 aliphatic carbocycles. The molecule has 0 aliphatic rings. The summed E-state index contributed by atoms with van der Waals surface area (Å²) in [6.45, 7) is 5.46. The largest absolute Gasteiger partial charge is 0.480 e. The molecule has 1 unspecified atom stereocenters. The molecule has 0 aliphatic heterocycles. The second-order valence-electron chi connectivity index (χ2n) is 5.85. The van der Waals surface area contributed by atoms with Gasteiger partial charge in [-0.05, 0) is 18.4 Å². The average molecular weight is 367 g/mol. The highest BCUT2D eigenvalue weighted by Crippen LogP contribution is 2.35. The van der Waals surface area contributed by atoms with Gasteiger partial charge in [-0.2, -0.15) is 4.98 Å². The fourth-order valence-electron chi connectivity index (χ4n) is 2.42. The molecule has 136 valence electrons. The van der Waals surface area contributed by atoms with Crippen molar-refractivity contribution in [2.24, 2.45) is 5.92 Å². The molecule has 2 heterocycles. The molecule has 0 saturated carbocycles. The van der Waals surface area contributed by atoms with Crippen LogP contribution in [0.15, 0.2) is 0 Å². The topological polar surface area (TPSA) is 111 Å². The van der Waals surface area contributed by atoms with Gasteiger partial charge in [-0.15, -0.1) is 11.3 Å². The van der Waals surface area contributed by atoms with Gasteiger partial charge in [0, 0.05) is 7.11 Å². The van der Waals surface area contributed by atoms with E-state index >= 15 is 0 Å². The molecule has 2 rings (SSSR count). The number of fused-ring (bicyclic) bond motifs is 1. The Morgan fingerprint density at radius 1 is 1.28 bits per heavy atom. The maximum Gasteiger partial charge on any atom is 0.326 e. The fourth-order valence-corrected chi connectivity index (χ4v) is 3.52. The number of carboxylic acid groups (broad SMARTS) is 1. The molecular formula is C16H21N3O5S. The average Bonchev–Trinajstić information content (AvgIpc) is 2.88. The fraction of sp³-hybridized carbons (Fsp3) is 0.500. The Kier molecular flexibility index (Phi) is 5.91. The summed E-state index contributed by atoms with van der Waals surface area (Å²) in [6.07, 6.45) is 0. The molecule has 1 amide bonds. The second kappa shape index (κ2) is 7.75. The summed E-state index contributed by atoms with van der Waals surface area (Å²) in [5.74, 6) is -0.938. The molecule has 9 heteroatoms. The van der Waals surface area contributed by atoms with Crippen LogP contribution >= 0.6 is 11.3 Å². The minimum Gasteiger partial charge on any atom is -0.480 e. The zero-order valence-corrected chi connectivity index (χ0v) is 15.6. The second-order valence-corrected chi connectivity index (χ2v) is 6.85. The first-order valence-electron chi connectivity index (χ1n) is 7.66. The lowest BCUT2D eigenvalue weighted by Gasteiger charge is -2.17.